The maximum atomic E-state index is 11.6. The first kappa shape index (κ1) is 15.1. The van der Waals surface area contributed by atoms with Crippen LogP contribution in [0.5, 0.6) is 0 Å². The van der Waals surface area contributed by atoms with Crippen LogP contribution in [0.2, 0.25) is 5.02 Å². The van der Waals surface area contributed by atoms with E-state index in [-0.39, 0.29) is 28.4 Å². The van der Waals surface area contributed by atoms with E-state index in [4.69, 9.17) is 11.6 Å². The molecule has 4 N–H and O–H groups in total. The maximum absolute atomic E-state index is 11.6. The molecule has 0 aliphatic carbocycles. The van der Waals surface area contributed by atoms with Crippen LogP contribution in [-0.2, 0) is 11.0 Å². The summed E-state index contributed by atoms with van der Waals surface area (Å²) in [5.41, 5.74) is 0.283. The third kappa shape index (κ3) is 2.62. The molecule has 3 rings (SSSR count). The summed E-state index contributed by atoms with van der Waals surface area (Å²) in [7, 11) is -4.56. The number of H-pyrrole nitrogens is 1. The lowest BCUT2D eigenvalue weighted by Crippen LogP contribution is -2.17. The number of aromatic nitrogens is 6. The Morgan fingerprint density at radius 3 is 2.82 bits per heavy atom. The van der Waals surface area contributed by atoms with Crippen molar-refractivity contribution in [3.05, 3.63) is 34.9 Å². The van der Waals surface area contributed by atoms with E-state index in [0.717, 1.165) is 6.20 Å². The van der Waals surface area contributed by atoms with Crippen LogP contribution >= 0.6 is 19.2 Å². The van der Waals surface area contributed by atoms with Crippen molar-refractivity contribution in [3.8, 4) is 0 Å². The van der Waals surface area contributed by atoms with E-state index in [2.05, 4.69) is 25.6 Å². The first-order chi connectivity index (χ1) is 10.4. The van der Waals surface area contributed by atoms with Gasteiger partial charge >= 0.3 is 7.60 Å². The maximum Gasteiger partial charge on any atom is 0.374 e. The molecule has 0 bridgehead atoms. The summed E-state index contributed by atoms with van der Waals surface area (Å²) in [6.07, 6.45) is -0.135. The molecule has 0 fully saturated rings. The number of hydrogen-bond acceptors (Lipinski definition) is 6. The zero-order chi connectivity index (χ0) is 15.9. The van der Waals surface area contributed by atoms with Crippen LogP contribution in [0.15, 0.2) is 18.3 Å². The second-order valence-electron chi connectivity index (χ2n) is 4.47. The van der Waals surface area contributed by atoms with Gasteiger partial charge in [0, 0.05) is 12.1 Å². The van der Waals surface area contributed by atoms with Gasteiger partial charge in [0.1, 0.15) is 11.8 Å². The molecule has 1 atom stereocenters. The molecular formula is C10H10ClN6O4P. The van der Waals surface area contributed by atoms with Gasteiger partial charge in [-0.25, -0.2) is 4.98 Å². The fourth-order valence-electron chi connectivity index (χ4n) is 2.08. The van der Waals surface area contributed by atoms with Crippen molar-refractivity contribution in [2.45, 2.75) is 12.5 Å². The van der Waals surface area contributed by atoms with Gasteiger partial charge in [-0.2, -0.15) is 5.21 Å². The van der Waals surface area contributed by atoms with Crippen LogP contribution in [0.1, 0.15) is 17.6 Å². The Hall–Kier alpha value is -1.84. The quantitative estimate of drug-likeness (QED) is 0.466. The molecule has 3 aromatic heterocycles. The lowest BCUT2D eigenvalue weighted by Gasteiger charge is -2.13. The average Bonchev–Trinajstić information content (AvgIpc) is 3.09. The molecule has 0 aromatic carbocycles. The molecule has 10 nitrogen and oxygen atoms in total. The van der Waals surface area contributed by atoms with Crippen LogP contribution in [-0.4, -0.2) is 44.9 Å². The molecule has 0 spiro atoms. The number of nitrogens with zero attached hydrogens (tertiary/aromatic N) is 5. The number of pyridine rings is 1. The molecule has 0 saturated heterocycles. The molecule has 116 valence electrons. The van der Waals surface area contributed by atoms with Crippen molar-refractivity contribution >= 4 is 30.3 Å². The highest BCUT2D eigenvalue weighted by Crippen LogP contribution is 2.35. The summed E-state index contributed by atoms with van der Waals surface area (Å²) in [5, 5.41) is 23.2. The van der Waals surface area contributed by atoms with E-state index >= 15 is 0 Å². The van der Waals surface area contributed by atoms with Gasteiger partial charge in [0.2, 0.25) is 5.82 Å². The summed E-state index contributed by atoms with van der Waals surface area (Å²) < 4.78 is 12.8. The molecule has 22 heavy (non-hydrogen) atoms. The van der Waals surface area contributed by atoms with Gasteiger partial charge in [-0.15, -0.1) is 10.2 Å². The number of aliphatic hydroxyl groups is 1. The Balaban J connectivity index is 2.13. The van der Waals surface area contributed by atoms with Crippen molar-refractivity contribution in [1.82, 2.24) is 30.0 Å². The minimum atomic E-state index is -4.56. The van der Waals surface area contributed by atoms with Gasteiger partial charge in [-0.1, -0.05) is 16.8 Å². The van der Waals surface area contributed by atoms with Crippen molar-refractivity contribution in [2.24, 2.45) is 0 Å². The standard InChI is InChI=1S/C10H10ClN6O4P/c11-5-1-2-8-12-4-9(22(19,20)21)17(8)6(5)3-7(18)10-13-15-16-14-10/h1-2,4,7,18H,3H2,(H2,19,20,21)(H,13,14,15,16). The number of aromatic amines is 1. The number of aliphatic hydroxyl groups excluding tert-OH is 1. The van der Waals surface area contributed by atoms with Gasteiger partial charge in [0.05, 0.1) is 11.2 Å². The first-order valence-corrected chi connectivity index (χ1v) is 7.99. The highest BCUT2D eigenvalue weighted by Gasteiger charge is 2.26. The fraction of sp³-hybridized carbons (Fsp3) is 0.200. The summed E-state index contributed by atoms with van der Waals surface area (Å²) in [5.74, 6) is 0.0471. The fourth-order valence-corrected chi connectivity index (χ4v) is 3.00. The smallest absolute Gasteiger partial charge is 0.374 e. The van der Waals surface area contributed by atoms with Gasteiger partial charge < -0.3 is 14.9 Å². The third-order valence-corrected chi connectivity index (χ3v) is 4.30. The van der Waals surface area contributed by atoms with Crippen molar-refractivity contribution < 1.29 is 19.5 Å². The lowest BCUT2D eigenvalue weighted by molar-refractivity contribution is 0.167. The summed E-state index contributed by atoms with van der Waals surface area (Å²) in [6.45, 7) is 0. The largest absolute Gasteiger partial charge is 0.385 e. The molecule has 3 aromatic rings. The Morgan fingerprint density at radius 2 is 2.18 bits per heavy atom. The molecule has 12 heteroatoms. The Labute approximate surface area is 127 Å². The number of tetrazole rings is 1. The van der Waals surface area contributed by atoms with Crippen LogP contribution < -0.4 is 5.44 Å². The summed E-state index contributed by atoms with van der Waals surface area (Å²) >= 11 is 6.11. The molecule has 0 radical (unpaired) electrons. The van der Waals surface area contributed by atoms with Crippen molar-refractivity contribution in [1.29, 1.82) is 0 Å². The molecule has 3 heterocycles. The number of hydrogen-bond donors (Lipinski definition) is 4. The van der Waals surface area contributed by atoms with E-state index in [1.165, 1.54) is 16.5 Å². The van der Waals surface area contributed by atoms with Crippen LogP contribution in [0.25, 0.3) is 5.65 Å². The number of rotatable bonds is 4. The predicted octanol–water partition coefficient (Wildman–Crippen LogP) is -0.420. The number of fused-ring (bicyclic) bond motifs is 1. The van der Waals surface area contributed by atoms with Gasteiger partial charge in [0.25, 0.3) is 0 Å². The molecule has 0 aliphatic heterocycles. The van der Waals surface area contributed by atoms with E-state index in [0.29, 0.717) is 5.65 Å². The summed E-state index contributed by atoms with van der Waals surface area (Å²) in [4.78, 5) is 22.8. The number of imidazole rings is 1. The predicted molar refractivity (Wildman–Crippen MR) is 74.7 cm³/mol. The summed E-state index contributed by atoms with van der Waals surface area (Å²) in [6, 6.07) is 3.05. The average molecular weight is 345 g/mol. The minimum Gasteiger partial charge on any atom is -0.385 e. The highest BCUT2D eigenvalue weighted by atomic mass is 35.5. The van der Waals surface area contributed by atoms with E-state index < -0.39 is 13.7 Å². The van der Waals surface area contributed by atoms with Gasteiger partial charge in [0.15, 0.2) is 5.44 Å². The van der Waals surface area contributed by atoms with E-state index in [9.17, 15) is 19.5 Å². The molecule has 0 amide bonds. The Morgan fingerprint density at radius 1 is 1.41 bits per heavy atom. The van der Waals surface area contributed by atoms with Crippen molar-refractivity contribution in [3.63, 3.8) is 0 Å². The molecule has 0 aliphatic rings. The van der Waals surface area contributed by atoms with E-state index in [1.54, 1.807) is 0 Å². The Kier molecular flexibility index (Phi) is 3.71. The monoisotopic (exact) mass is 344 g/mol. The third-order valence-electron chi connectivity index (χ3n) is 3.04. The second kappa shape index (κ2) is 5.41. The van der Waals surface area contributed by atoms with Crippen LogP contribution in [0.4, 0.5) is 0 Å². The van der Waals surface area contributed by atoms with Crippen LogP contribution in [0, 0.1) is 0 Å². The molecular weight excluding hydrogens is 335 g/mol. The Bertz CT molecular complexity index is 860. The zero-order valence-electron chi connectivity index (χ0n) is 10.8. The zero-order valence-corrected chi connectivity index (χ0v) is 12.5. The van der Waals surface area contributed by atoms with Crippen LogP contribution in [0.3, 0.4) is 0 Å². The van der Waals surface area contributed by atoms with Gasteiger partial charge in [-0.3, -0.25) is 8.97 Å². The SMILES string of the molecule is O=P(O)(O)c1cnc2ccc(Cl)c(CC(O)c3nn[nH]n3)n12. The van der Waals surface area contributed by atoms with E-state index in [1.807, 2.05) is 0 Å². The minimum absolute atomic E-state index is 0.0471. The van der Waals surface area contributed by atoms with Gasteiger partial charge in [-0.05, 0) is 12.1 Å². The topological polar surface area (TPSA) is 150 Å². The van der Waals surface area contributed by atoms with Crippen molar-refractivity contribution in [2.75, 3.05) is 0 Å². The number of nitrogens with one attached hydrogen (secondary N) is 1. The lowest BCUT2D eigenvalue weighted by atomic mass is 10.1. The first-order valence-electron chi connectivity index (χ1n) is 6.00. The second-order valence-corrected chi connectivity index (χ2v) is 6.43. The molecule has 0 saturated carbocycles. The highest BCUT2D eigenvalue weighted by molar-refractivity contribution is 7.60. The number of halogens is 1. The normalized spacial score (nSPS) is 13.6. The molecule has 1 unspecified atom stereocenters.